The molecule has 0 bridgehead atoms. The predicted molar refractivity (Wildman–Crippen MR) is 74.2 cm³/mol. The Morgan fingerprint density at radius 2 is 1.95 bits per heavy atom. The van der Waals surface area contributed by atoms with Gasteiger partial charge in [-0.3, -0.25) is 0 Å². The first-order chi connectivity index (χ1) is 9.99. The molecule has 2 N–H and O–H groups in total. The number of ether oxygens (including phenoxy) is 1. The molecule has 0 aliphatic rings. The summed E-state index contributed by atoms with van der Waals surface area (Å²) >= 11 is 0. The van der Waals surface area contributed by atoms with Crippen LogP contribution in [0.5, 0.6) is 5.75 Å². The second kappa shape index (κ2) is 6.60. The van der Waals surface area contributed by atoms with Crippen molar-refractivity contribution < 1.29 is 27.8 Å². The van der Waals surface area contributed by atoms with Crippen molar-refractivity contribution in [3.05, 3.63) is 29.3 Å². The first-order valence-corrected chi connectivity index (χ1v) is 6.35. The molecule has 4 nitrogen and oxygen atoms in total. The average molecular weight is 315 g/mol. The van der Waals surface area contributed by atoms with E-state index < -0.39 is 29.2 Å². The molecule has 0 aliphatic heterocycles. The number of alkyl carbamates (subject to hydrolysis) is 1. The van der Waals surface area contributed by atoms with Gasteiger partial charge in [-0.25, -0.2) is 4.79 Å². The van der Waals surface area contributed by atoms with Crippen LogP contribution in [0.1, 0.15) is 31.9 Å². The minimum Gasteiger partial charge on any atom is -0.508 e. The quantitative estimate of drug-likeness (QED) is 0.782. The van der Waals surface area contributed by atoms with Crippen LogP contribution in [0.4, 0.5) is 18.0 Å². The van der Waals surface area contributed by atoms with Gasteiger partial charge in [0.1, 0.15) is 11.4 Å². The van der Waals surface area contributed by atoms with Crippen molar-refractivity contribution in [1.82, 2.24) is 5.32 Å². The van der Waals surface area contributed by atoms with Crippen LogP contribution in [0, 0.1) is 11.8 Å². The molecular formula is C15H16F3NO3. The summed E-state index contributed by atoms with van der Waals surface area (Å²) in [5, 5.41) is 11.4. The van der Waals surface area contributed by atoms with Crippen LogP contribution in [0.25, 0.3) is 0 Å². The summed E-state index contributed by atoms with van der Waals surface area (Å²) in [6, 6.07) is 2.78. The third-order valence-electron chi connectivity index (χ3n) is 2.25. The van der Waals surface area contributed by atoms with Gasteiger partial charge in [0.15, 0.2) is 0 Å². The fraction of sp³-hybridized carbons (Fsp3) is 0.400. The van der Waals surface area contributed by atoms with Crippen molar-refractivity contribution in [3.63, 3.8) is 0 Å². The van der Waals surface area contributed by atoms with Crippen molar-refractivity contribution in [3.8, 4) is 17.6 Å². The Morgan fingerprint density at radius 1 is 1.32 bits per heavy atom. The minimum absolute atomic E-state index is 0.160. The molecule has 120 valence electrons. The molecule has 1 rings (SSSR count). The number of rotatable bonds is 1. The number of phenols is 1. The van der Waals surface area contributed by atoms with Gasteiger partial charge in [0, 0.05) is 5.56 Å². The molecule has 0 fully saturated rings. The number of halogens is 3. The van der Waals surface area contributed by atoms with Crippen molar-refractivity contribution in [1.29, 1.82) is 0 Å². The van der Waals surface area contributed by atoms with Gasteiger partial charge in [-0.15, -0.1) is 0 Å². The maximum absolute atomic E-state index is 12.8. The highest BCUT2D eigenvalue weighted by Gasteiger charge is 2.33. The van der Waals surface area contributed by atoms with Gasteiger partial charge < -0.3 is 15.2 Å². The minimum atomic E-state index is -4.62. The van der Waals surface area contributed by atoms with Crippen molar-refractivity contribution >= 4 is 6.09 Å². The highest BCUT2D eigenvalue weighted by molar-refractivity contribution is 5.68. The highest BCUT2D eigenvalue weighted by atomic mass is 19.4. The Kier molecular flexibility index (Phi) is 5.31. The van der Waals surface area contributed by atoms with E-state index in [1.54, 1.807) is 20.8 Å². The Hall–Kier alpha value is -2.36. The standard InChI is InChI=1S/C15H16F3NO3/c1-14(2,3)22-13(21)19-8-4-5-10-6-7-11(20)9-12(10)15(16,17)18/h6-7,9,20H,8H2,1-3H3,(H,19,21). The molecule has 0 spiro atoms. The topological polar surface area (TPSA) is 58.6 Å². The third-order valence-corrected chi connectivity index (χ3v) is 2.25. The molecular weight excluding hydrogens is 299 g/mol. The van der Waals surface area contributed by atoms with Crippen molar-refractivity contribution in [2.75, 3.05) is 6.54 Å². The van der Waals surface area contributed by atoms with Gasteiger partial charge >= 0.3 is 12.3 Å². The molecule has 0 saturated heterocycles. The van der Waals surface area contributed by atoms with E-state index in [2.05, 4.69) is 17.2 Å². The van der Waals surface area contributed by atoms with Crippen LogP contribution < -0.4 is 5.32 Å². The number of aromatic hydroxyl groups is 1. The lowest BCUT2D eigenvalue weighted by Crippen LogP contribution is -2.32. The highest BCUT2D eigenvalue weighted by Crippen LogP contribution is 2.33. The van der Waals surface area contributed by atoms with E-state index in [-0.39, 0.29) is 12.1 Å². The molecule has 0 unspecified atom stereocenters. The Bertz CT molecular complexity index is 607. The van der Waals surface area contributed by atoms with E-state index in [1.165, 1.54) is 0 Å². The number of amides is 1. The number of carbonyl (C=O) groups excluding carboxylic acids is 1. The smallest absolute Gasteiger partial charge is 0.417 e. The summed E-state index contributed by atoms with van der Waals surface area (Å²) < 4.78 is 43.3. The van der Waals surface area contributed by atoms with Gasteiger partial charge in [-0.05, 0) is 39.0 Å². The summed E-state index contributed by atoms with van der Waals surface area (Å²) in [4.78, 5) is 11.3. The first-order valence-electron chi connectivity index (χ1n) is 6.35. The largest absolute Gasteiger partial charge is 0.508 e. The zero-order valence-corrected chi connectivity index (χ0v) is 12.3. The second-order valence-corrected chi connectivity index (χ2v) is 5.38. The number of phenolic OH excluding ortho intramolecular Hbond substituents is 1. The summed E-state index contributed by atoms with van der Waals surface area (Å²) in [6.45, 7) is 4.89. The number of nitrogens with one attached hydrogen (secondary N) is 1. The van der Waals surface area contributed by atoms with Crippen molar-refractivity contribution in [2.24, 2.45) is 0 Å². The summed E-state index contributed by atoms with van der Waals surface area (Å²) in [7, 11) is 0. The zero-order valence-electron chi connectivity index (χ0n) is 12.3. The number of alkyl halides is 3. The van der Waals surface area contributed by atoms with Crippen molar-refractivity contribution in [2.45, 2.75) is 32.5 Å². The Balaban J connectivity index is 2.76. The molecule has 0 atom stereocenters. The maximum atomic E-state index is 12.8. The molecule has 0 aromatic heterocycles. The van der Waals surface area contributed by atoms with Crippen LogP contribution in [0.15, 0.2) is 18.2 Å². The lowest BCUT2D eigenvalue weighted by atomic mass is 10.1. The first kappa shape index (κ1) is 17.7. The predicted octanol–water partition coefficient (Wildman–Crippen LogP) is 3.29. The molecule has 0 radical (unpaired) electrons. The number of carbonyl (C=O) groups is 1. The monoisotopic (exact) mass is 315 g/mol. The van der Waals surface area contributed by atoms with Crippen LogP contribution in [-0.4, -0.2) is 23.3 Å². The van der Waals surface area contributed by atoms with E-state index in [9.17, 15) is 18.0 Å². The summed E-state index contributed by atoms with van der Waals surface area (Å²) in [5.41, 5.74) is -1.98. The van der Waals surface area contributed by atoms with E-state index in [1.807, 2.05) is 0 Å². The molecule has 0 saturated carbocycles. The molecule has 0 aliphatic carbocycles. The molecule has 22 heavy (non-hydrogen) atoms. The summed E-state index contributed by atoms with van der Waals surface area (Å²) in [5.74, 6) is 4.22. The fourth-order valence-corrected chi connectivity index (χ4v) is 1.45. The van der Waals surface area contributed by atoms with Gasteiger partial charge in [0.2, 0.25) is 0 Å². The van der Waals surface area contributed by atoms with E-state index in [0.29, 0.717) is 6.07 Å². The van der Waals surface area contributed by atoms with Gasteiger partial charge in [-0.2, -0.15) is 13.2 Å². The van der Waals surface area contributed by atoms with Gasteiger partial charge in [0.25, 0.3) is 0 Å². The molecule has 7 heteroatoms. The lowest BCUT2D eigenvalue weighted by molar-refractivity contribution is -0.137. The van der Waals surface area contributed by atoms with Crippen LogP contribution in [-0.2, 0) is 10.9 Å². The number of hydrogen-bond acceptors (Lipinski definition) is 3. The Morgan fingerprint density at radius 3 is 2.50 bits per heavy atom. The molecule has 1 amide bonds. The normalized spacial score (nSPS) is 11.4. The Labute approximate surface area is 126 Å². The zero-order chi connectivity index (χ0) is 17.0. The number of hydrogen-bond donors (Lipinski definition) is 2. The average Bonchev–Trinajstić information content (AvgIpc) is 2.32. The summed E-state index contributed by atoms with van der Waals surface area (Å²) in [6.07, 6.45) is -5.33. The maximum Gasteiger partial charge on any atom is 0.417 e. The third kappa shape index (κ3) is 5.95. The van der Waals surface area contributed by atoms with E-state index in [4.69, 9.17) is 9.84 Å². The lowest BCUT2D eigenvalue weighted by Gasteiger charge is -2.19. The van der Waals surface area contributed by atoms with Gasteiger partial charge in [-0.1, -0.05) is 11.8 Å². The van der Waals surface area contributed by atoms with Crippen LogP contribution in [0.3, 0.4) is 0 Å². The van der Waals surface area contributed by atoms with Gasteiger partial charge in [0.05, 0.1) is 12.1 Å². The molecule has 0 heterocycles. The molecule has 1 aromatic carbocycles. The van der Waals surface area contributed by atoms with E-state index in [0.717, 1.165) is 12.1 Å². The SMILES string of the molecule is CC(C)(C)OC(=O)NCC#Cc1ccc(O)cc1C(F)(F)F. The fourth-order valence-electron chi connectivity index (χ4n) is 1.45. The number of benzene rings is 1. The van der Waals surface area contributed by atoms with E-state index >= 15 is 0 Å². The van der Waals surface area contributed by atoms with Crippen LogP contribution >= 0.6 is 0 Å². The second-order valence-electron chi connectivity index (χ2n) is 5.38. The molecule has 1 aromatic rings. The van der Waals surface area contributed by atoms with Crippen LogP contribution in [0.2, 0.25) is 0 Å².